The molecule has 0 fully saturated rings. The van der Waals surface area contributed by atoms with Crippen LogP contribution in [0, 0.1) is 17.1 Å². The molecule has 1 radical (unpaired) electrons. The van der Waals surface area contributed by atoms with Crippen LogP contribution in [-0.4, -0.2) is 4.98 Å². The van der Waals surface area contributed by atoms with Crippen LogP contribution in [0.2, 0.25) is 0 Å². The number of thiazole rings is 1. The molecule has 13 heavy (non-hydrogen) atoms. The monoisotopic (exact) mass is 196 g/mol. The molecule has 0 atom stereocenters. The topological polar surface area (TPSA) is 12.9 Å². The maximum atomic E-state index is 13.1. The fourth-order valence-electron chi connectivity index (χ4n) is 1.01. The van der Waals surface area contributed by atoms with E-state index in [1.807, 2.05) is 0 Å². The number of hydrogen-bond acceptors (Lipinski definition) is 2. The van der Waals surface area contributed by atoms with Gasteiger partial charge in [0.15, 0.2) is 17.1 Å². The van der Waals surface area contributed by atoms with Crippen LogP contribution >= 0.6 is 11.3 Å². The van der Waals surface area contributed by atoms with Crippen LogP contribution < -0.4 is 0 Å². The molecule has 2 rings (SSSR count). The molecule has 1 aromatic heterocycles. The number of nitrogens with zero attached hydrogens (tertiary/aromatic N) is 1. The van der Waals surface area contributed by atoms with Gasteiger partial charge < -0.3 is 0 Å². The van der Waals surface area contributed by atoms with Crippen LogP contribution in [0.5, 0.6) is 0 Å². The molecule has 65 valence electrons. The molecule has 0 unspecified atom stereocenters. The van der Waals surface area contributed by atoms with Crippen LogP contribution in [-0.2, 0) is 0 Å². The molecule has 2 aromatic rings. The van der Waals surface area contributed by atoms with E-state index in [1.165, 1.54) is 23.5 Å². The fourth-order valence-corrected chi connectivity index (χ4v) is 1.50. The highest BCUT2D eigenvalue weighted by Gasteiger charge is 2.10. The predicted molar refractivity (Wildman–Crippen MR) is 46.3 cm³/mol. The Bertz CT molecular complexity index is 412. The standard InChI is InChI=1S/C9H4F2NS/c10-7-3-1-2-6(9(7)11)8-4-13-5-12-8/h1-4H. The average Bonchev–Trinajstić information content (AvgIpc) is 2.62. The SMILES string of the molecule is Fc1cccc(-c2cs[c]n2)c1F. The lowest BCUT2D eigenvalue weighted by Crippen LogP contribution is -1.88. The highest BCUT2D eigenvalue weighted by molar-refractivity contribution is 7.07. The van der Waals surface area contributed by atoms with Crippen molar-refractivity contribution in [1.82, 2.24) is 4.98 Å². The van der Waals surface area contributed by atoms with Gasteiger partial charge in [-0.05, 0) is 12.1 Å². The molecule has 0 bridgehead atoms. The molecule has 4 heteroatoms. The summed E-state index contributed by atoms with van der Waals surface area (Å²) in [6.07, 6.45) is 0. The van der Waals surface area contributed by atoms with Gasteiger partial charge in [0.05, 0.1) is 5.69 Å². The normalized spacial score (nSPS) is 10.3. The third-order valence-electron chi connectivity index (χ3n) is 1.62. The Kier molecular flexibility index (Phi) is 2.06. The molecular weight excluding hydrogens is 192 g/mol. The highest BCUT2D eigenvalue weighted by atomic mass is 32.1. The Labute approximate surface area is 77.7 Å². The molecule has 0 saturated heterocycles. The molecule has 1 aromatic carbocycles. The van der Waals surface area contributed by atoms with Crippen molar-refractivity contribution in [2.75, 3.05) is 0 Å². The van der Waals surface area contributed by atoms with Crippen LogP contribution in [0.25, 0.3) is 11.3 Å². The highest BCUT2D eigenvalue weighted by Crippen LogP contribution is 2.23. The Hall–Kier alpha value is -1.29. The van der Waals surface area contributed by atoms with E-state index in [1.54, 1.807) is 5.38 Å². The summed E-state index contributed by atoms with van der Waals surface area (Å²) in [6.45, 7) is 0. The lowest BCUT2D eigenvalue weighted by Gasteiger charge is -1.98. The van der Waals surface area contributed by atoms with E-state index in [0.29, 0.717) is 5.69 Å². The lowest BCUT2D eigenvalue weighted by atomic mass is 10.1. The summed E-state index contributed by atoms with van der Waals surface area (Å²) in [5.41, 5.74) is 3.17. The molecule has 0 aliphatic heterocycles. The van der Waals surface area contributed by atoms with Gasteiger partial charge in [-0.25, -0.2) is 13.8 Å². The number of hydrogen-bond donors (Lipinski definition) is 0. The van der Waals surface area contributed by atoms with Crippen molar-refractivity contribution in [2.24, 2.45) is 0 Å². The fraction of sp³-hybridized carbons (Fsp3) is 0. The van der Waals surface area contributed by atoms with Crippen LogP contribution in [0.15, 0.2) is 23.6 Å². The first-order valence-corrected chi connectivity index (χ1v) is 4.43. The van der Waals surface area contributed by atoms with Gasteiger partial charge in [0.2, 0.25) is 0 Å². The van der Waals surface area contributed by atoms with E-state index >= 15 is 0 Å². The molecule has 0 aliphatic carbocycles. The summed E-state index contributed by atoms with van der Waals surface area (Å²) in [4.78, 5) is 3.78. The van der Waals surface area contributed by atoms with Crippen molar-refractivity contribution >= 4 is 11.3 Å². The van der Waals surface area contributed by atoms with Gasteiger partial charge in [-0.3, -0.25) is 0 Å². The third kappa shape index (κ3) is 1.45. The van der Waals surface area contributed by atoms with E-state index in [4.69, 9.17) is 0 Å². The van der Waals surface area contributed by atoms with Crippen LogP contribution in [0.4, 0.5) is 8.78 Å². The Morgan fingerprint density at radius 3 is 2.85 bits per heavy atom. The predicted octanol–water partition coefficient (Wildman–Crippen LogP) is 2.89. The Morgan fingerprint density at radius 2 is 2.15 bits per heavy atom. The smallest absolute Gasteiger partial charge is 0.168 e. The van der Waals surface area contributed by atoms with Gasteiger partial charge in [-0.2, -0.15) is 0 Å². The lowest BCUT2D eigenvalue weighted by molar-refractivity contribution is 0.511. The number of rotatable bonds is 1. The minimum absolute atomic E-state index is 0.178. The second kappa shape index (κ2) is 3.22. The van der Waals surface area contributed by atoms with Crippen LogP contribution in [0.3, 0.4) is 0 Å². The molecular formula is C9H4F2NS. The summed E-state index contributed by atoms with van der Waals surface area (Å²) in [5.74, 6) is -1.72. The maximum Gasteiger partial charge on any atom is 0.168 e. The van der Waals surface area contributed by atoms with Crippen molar-refractivity contribution in [3.05, 3.63) is 40.7 Å². The first kappa shape index (κ1) is 8.31. The zero-order valence-electron chi connectivity index (χ0n) is 6.42. The van der Waals surface area contributed by atoms with E-state index in [-0.39, 0.29) is 5.56 Å². The molecule has 1 nitrogen and oxygen atoms in total. The quantitative estimate of drug-likeness (QED) is 0.683. The second-order valence-electron chi connectivity index (χ2n) is 2.43. The second-order valence-corrected chi connectivity index (χ2v) is 3.08. The molecule has 0 N–H and O–H groups in total. The number of benzene rings is 1. The molecule has 0 aliphatic rings. The van der Waals surface area contributed by atoms with Gasteiger partial charge in [0, 0.05) is 10.9 Å². The Balaban J connectivity index is 2.59. The average molecular weight is 196 g/mol. The van der Waals surface area contributed by atoms with E-state index in [9.17, 15) is 8.78 Å². The zero-order chi connectivity index (χ0) is 9.26. The first-order chi connectivity index (χ1) is 6.29. The summed E-state index contributed by atoms with van der Waals surface area (Å²) < 4.78 is 25.9. The third-order valence-corrected chi connectivity index (χ3v) is 2.15. The van der Waals surface area contributed by atoms with Crippen molar-refractivity contribution in [3.8, 4) is 11.3 Å². The maximum absolute atomic E-state index is 13.1. The molecule has 0 spiro atoms. The molecule has 0 amide bonds. The molecule has 0 saturated carbocycles. The van der Waals surface area contributed by atoms with Crippen molar-refractivity contribution < 1.29 is 8.78 Å². The van der Waals surface area contributed by atoms with E-state index in [2.05, 4.69) is 10.5 Å². The summed E-state index contributed by atoms with van der Waals surface area (Å²) in [7, 11) is 0. The minimum Gasteiger partial charge on any atom is -0.233 e. The van der Waals surface area contributed by atoms with Crippen LogP contribution in [0.1, 0.15) is 0 Å². The van der Waals surface area contributed by atoms with Gasteiger partial charge in [0.25, 0.3) is 0 Å². The van der Waals surface area contributed by atoms with Crippen molar-refractivity contribution in [1.29, 1.82) is 0 Å². The first-order valence-electron chi connectivity index (χ1n) is 3.55. The molecule has 1 heterocycles. The van der Waals surface area contributed by atoms with Gasteiger partial charge in [-0.1, -0.05) is 6.07 Å². The van der Waals surface area contributed by atoms with Gasteiger partial charge in [-0.15, -0.1) is 11.3 Å². The van der Waals surface area contributed by atoms with Crippen molar-refractivity contribution in [2.45, 2.75) is 0 Å². The van der Waals surface area contributed by atoms with Gasteiger partial charge in [0.1, 0.15) is 0 Å². The van der Waals surface area contributed by atoms with Gasteiger partial charge >= 0.3 is 0 Å². The number of aromatic nitrogens is 1. The zero-order valence-corrected chi connectivity index (χ0v) is 7.24. The largest absolute Gasteiger partial charge is 0.233 e. The summed E-state index contributed by atoms with van der Waals surface area (Å²) in [6, 6.07) is 4.02. The Morgan fingerprint density at radius 1 is 1.31 bits per heavy atom. The van der Waals surface area contributed by atoms with E-state index in [0.717, 1.165) is 6.07 Å². The van der Waals surface area contributed by atoms with E-state index < -0.39 is 11.6 Å². The summed E-state index contributed by atoms with van der Waals surface area (Å²) >= 11 is 1.22. The number of halogens is 2. The van der Waals surface area contributed by atoms with Crippen molar-refractivity contribution in [3.63, 3.8) is 0 Å². The summed E-state index contributed by atoms with van der Waals surface area (Å²) in [5, 5.41) is 1.62. The minimum atomic E-state index is -0.859.